The lowest BCUT2D eigenvalue weighted by molar-refractivity contribution is 0.197. The topological polar surface area (TPSA) is 53.6 Å². The molecule has 4 nitrogen and oxygen atoms in total. The number of nitrogens with zero attached hydrogens (tertiary/aromatic N) is 2. The fourth-order valence-corrected chi connectivity index (χ4v) is 2.25. The second kappa shape index (κ2) is 7.33. The summed E-state index contributed by atoms with van der Waals surface area (Å²) < 4.78 is 0. The van der Waals surface area contributed by atoms with E-state index in [1.54, 1.807) is 6.08 Å². The molecule has 1 unspecified atom stereocenters. The first-order chi connectivity index (χ1) is 8.15. The van der Waals surface area contributed by atoms with Crippen molar-refractivity contribution >= 4 is 5.96 Å². The van der Waals surface area contributed by atoms with Crippen LogP contribution >= 0.6 is 0 Å². The Morgan fingerprint density at radius 1 is 1.47 bits per heavy atom. The van der Waals surface area contributed by atoms with Crippen LogP contribution in [0.15, 0.2) is 17.6 Å². The monoisotopic (exact) mass is 238 g/mol. The van der Waals surface area contributed by atoms with Crippen LogP contribution < -0.4 is 11.1 Å². The lowest BCUT2D eigenvalue weighted by Crippen LogP contribution is -2.40. The van der Waals surface area contributed by atoms with E-state index >= 15 is 0 Å². The van der Waals surface area contributed by atoms with Crippen molar-refractivity contribution in [2.24, 2.45) is 16.6 Å². The van der Waals surface area contributed by atoms with Crippen molar-refractivity contribution in [3.05, 3.63) is 12.7 Å². The van der Waals surface area contributed by atoms with Crippen molar-refractivity contribution in [2.75, 3.05) is 26.2 Å². The van der Waals surface area contributed by atoms with Crippen LogP contribution in [0, 0.1) is 5.92 Å². The maximum absolute atomic E-state index is 5.78. The summed E-state index contributed by atoms with van der Waals surface area (Å²) in [4.78, 5) is 6.96. The van der Waals surface area contributed by atoms with Gasteiger partial charge < -0.3 is 11.1 Å². The molecule has 0 aliphatic carbocycles. The Bertz CT molecular complexity index is 254. The number of rotatable bonds is 6. The molecule has 1 saturated heterocycles. The third-order valence-corrected chi connectivity index (χ3v) is 3.26. The zero-order valence-electron chi connectivity index (χ0n) is 11.2. The fourth-order valence-electron chi connectivity index (χ4n) is 2.25. The quantitative estimate of drug-likeness (QED) is 0.415. The predicted octanol–water partition coefficient (Wildman–Crippen LogP) is 1.20. The molecule has 0 saturated carbocycles. The van der Waals surface area contributed by atoms with E-state index in [0.29, 0.717) is 24.5 Å². The second-order valence-corrected chi connectivity index (χ2v) is 4.95. The molecule has 1 aliphatic heterocycles. The number of nitrogens with one attached hydrogen (secondary N) is 1. The van der Waals surface area contributed by atoms with Crippen LogP contribution in [-0.4, -0.2) is 43.1 Å². The first kappa shape index (κ1) is 14.0. The van der Waals surface area contributed by atoms with E-state index < -0.39 is 0 Å². The van der Waals surface area contributed by atoms with Crippen molar-refractivity contribution in [3.8, 4) is 0 Å². The minimum atomic E-state index is 0.515. The highest BCUT2D eigenvalue weighted by Crippen LogP contribution is 2.17. The van der Waals surface area contributed by atoms with Gasteiger partial charge in [-0.05, 0) is 31.8 Å². The molecule has 98 valence electrons. The maximum atomic E-state index is 5.78. The second-order valence-electron chi connectivity index (χ2n) is 4.95. The fraction of sp³-hybridized carbons (Fsp3) is 0.769. The largest absolute Gasteiger partial charge is 0.370 e. The highest BCUT2D eigenvalue weighted by molar-refractivity contribution is 5.77. The van der Waals surface area contributed by atoms with Crippen molar-refractivity contribution in [2.45, 2.75) is 32.7 Å². The number of hydrogen-bond donors (Lipinski definition) is 2. The lowest BCUT2D eigenvalue weighted by Gasteiger charge is -2.29. The third kappa shape index (κ3) is 4.77. The SMILES string of the molecule is C=CCNC(N)=NCC(C(C)C)N1CCCC1. The zero-order chi connectivity index (χ0) is 12.7. The van der Waals surface area contributed by atoms with E-state index in [1.165, 1.54) is 25.9 Å². The van der Waals surface area contributed by atoms with Gasteiger partial charge >= 0.3 is 0 Å². The molecule has 1 rings (SSSR count). The van der Waals surface area contributed by atoms with E-state index in [-0.39, 0.29) is 0 Å². The van der Waals surface area contributed by atoms with Crippen LogP contribution in [0.1, 0.15) is 26.7 Å². The molecule has 4 heteroatoms. The molecule has 0 bridgehead atoms. The van der Waals surface area contributed by atoms with Gasteiger partial charge in [0.15, 0.2) is 5.96 Å². The van der Waals surface area contributed by atoms with Gasteiger partial charge in [-0.1, -0.05) is 19.9 Å². The van der Waals surface area contributed by atoms with Crippen molar-refractivity contribution in [1.29, 1.82) is 0 Å². The summed E-state index contributed by atoms with van der Waals surface area (Å²) in [6.07, 6.45) is 4.41. The molecule has 17 heavy (non-hydrogen) atoms. The zero-order valence-corrected chi connectivity index (χ0v) is 11.2. The van der Waals surface area contributed by atoms with Gasteiger partial charge in [0.2, 0.25) is 0 Å². The Balaban J connectivity index is 2.45. The highest BCUT2D eigenvalue weighted by Gasteiger charge is 2.24. The Morgan fingerprint density at radius 2 is 2.12 bits per heavy atom. The van der Waals surface area contributed by atoms with Gasteiger partial charge in [0.25, 0.3) is 0 Å². The Labute approximate surface area is 105 Å². The van der Waals surface area contributed by atoms with Crippen LogP contribution in [0.2, 0.25) is 0 Å². The van der Waals surface area contributed by atoms with Crippen LogP contribution in [-0.2, 0) is 0 Å². The van der Waals surface area contributed by atoms with E-state index in [2.05, 4.69) is 35.6 Å². The first-order valence-electron chi connectivity index (χ1n) is 6.54. The van der Waals surface area contributed by atoms with Gasteiger partial charge in [-0.25, -0.2) is 0 Å². The molecule has 3 N–H and O–H groups in total. The summed E-state index contributed by atoms with van der Waals surface area (Å²) in [7, 11) is 0. The summed E-state index contributed by atoms with van der Waals surface area (Å²) >= 11 is 0. The molecule has 1 fully saturated rings. The summed E-state index contributed by atoms with van der Waals surface area (Å²) in [5.41, 5.74) is 5.78. The van der Waals surface area contributed by atoms with E-state index in [4.69, 9.17) is 5.73 Å². The smallest absolute Gasteiger partial charge is 0.188 e. The van der Waals surface area contributed by atoms with Crippen LogP contribution in [0.3, 0.4) is 0 Å². The molecular formula is C13H26N4. The number of nitrogens with two attached hydrogens (primary N) is 1. The first-order valence-corrected chi connectivity index (χ1v) is 6.54. The van der Waals surface area contributed by atoms with Crippen LogP contribution in [0.25, 0.3) is 0 Å². The Morgan fingerprint density at radius 3 is 2.65 bits per heavy atom. The Hall–Kier alpha value is -1.03. The van der Waals surface area contributed by atoms with Gasteiger partial charge in [-0.3, -0.25) is 9.89 Å². The number of aliphatic imine (C=N–C) groups is 1. The van der Waals surface area contributed by atoms with Crippen molar-refractivity contribution in [3.63, 3.8) is 0 Å². The highest BCUT2D eigenvalue weighted by atomic mass is 15.2. The predicted molar refractivity (Wildman–Crippen MR) is 74.1 cm³/mol. The molecule has 1 atom stereocenters. The normalized spacial score (nSPS) is 19.6. The summed E-state index contributed by atoms with van der Waals surface area (Å²) in [6, 6.07) is 0.515. The van der Waals surface area contributed by atoms with E-state index in [0.717, 1.165) is 6.54 Å². The minimum Gasteiger partial charge on any atom is -0.370 e. The maximum Gasteiger partial charge on any atom is 0.188 e. The molecule has 0 radical (unpaired) electrons. The van der Waals surface area contributed by atoms with Gasteiger partial charge in [-0.15, -0.1) is 6.58 Å². The Kier molecular flexibility index (Phi) is 6.05. The van der Waals surface area contributed by atoms with E-state index in [9.17, 15) is 0 Å². The number of hydrogen-bond acceptors (Lipinski definition) is 2. The molecule has 1 aliphatic rings. The van der Waals surface area contributed by atoms with Gasteiger partial charge in [0.05, 0.1) is 6.54 Å². The summed E-state index contributed by atoms with van der Waals surface area (Å²) in [5, 5.41) is 3.01. The number of likely N-dealkylation sites (tertiary alicyclic amines) is 1. The van der Waals surface area contributed by atoms with Crippen molar-refractivity contribution < 1.29 is 0 Å². The van der Waals surface area contributed by atoms with Gasteiger partial charge in [-0.2, -0.15) is 0 Å². The molecule has 1 heterocycles. The number of guanidine groups is 1. The summed E-state index contributed by atoms with van der Waals surface area (Å²) in [6.45, 7) is 12.0. The van der Waals surface area contributed by atoms with E-state index in [1.807, 2.05) is 0 Å². The molecular weight excluding hydrogens is 212 g/mol. The molecule has 0 aromatic carbocycles. The average Bonchev–Trinajstić information content (AvgIpc) is 2.79. The molecule has 0 spiro atoms. The molecule has 0 amide bonds. The lowest BCUT2D eigenvalue weighted by atomic mass is 10.0. The molecule has 0 aromatic rings. The van der Waals surface area contributed by atoms with Crippen LogP contribution in [0.4, 0.5) is 0 Å². The van der Waals surface area contributed by atoms with Crippen molar-refractivity contribution in [1.82, 2.24) is 10.2 Å². The van der Waals surface area contributed by atoms with Gasteiger partial charge in [0.1, 0.15) is 0 Å². The minimum absolute atomic E-state index is 0.515. The van der Waals surface area contributed by atoms with Crippen LogP contribution in [0.5, 0.6) is 0 Å². The molecule has 0 aromatic heterocycles. The van der Waals surface area contributed by atoms with Gasteiger partial charge in [0, 0.05) is 12.6 Å². The standard InChI is InChI=1S/C13H26N4/c1-4-7-15-13(14)16-10-12(11(2)3)17-8-5-6-9-17/h4,11-12H,1,5-10H2,2-3H3,(H3,14,15,16). The third-order valence-electron chi connectivity index (χ3n) is 3.26. The average molecular weight is 238 g/mol. The summed E-state index contributed by atoms with van der Waals surface area (Å²) in [5.74, 6) is 1.14.